The van der Waals surface area contributed by atoms with E-state index in [0.717, 1.165) is 4.47 Å². The van der Waals surface area contributed by atoms with Crippen LogP contribution < -0.4 is 4.72 Å². The molecule has 0 aromatic heterocycles. The van der Waals surface area contributed by atoms with Crippen LogP contribution in [0.25, 0.3) is 0 Å². The van der Waals surface area contributed by atoms with E-state index >= 15 is 0 Å². The van der Waals surface area contributed by atoms with Gasteiger partial charge >= 0.3 is 0 Å². The summed E-state index contributed by atoms with van der Waals surface area (Å²) in [5.41, 5.74) is 1.42. The van der Waals surface area contributed by atoms with E-state index in [9.17, 15) is 8.42 Å². The molecular formula is C14H13BrClNO3S. The number of aliphatic hydroxyl groups excluding tert-OH is 1. The van der Waals surface area contributed by atoms with Crippen molar-refractivity contribution in [1.29, 1.82) is 0 Å². The molecule has 0 saturated heterocycles. The van der Waals surface area contributed by atoms with Crippen LogP contribution in [-0.4, -0.2) is 13.5 Å². The van der Waals surface area contributed by atoms with Gasteiger partial charge < -0.3 is 5.11 Å². The first-order chi connectivity index (χ1) is 9.83. The second-order valence-electron chi connectivity index (χ2n) is 4.49. The number of anilines is 1. The lowest BCUT2D eigenvalue weighted by molar-refractivity contribution is 0.281. The van der Waals surface area contributed by atoms with Gasteiger partial charge in [0.2, 0.25) is 0 Å². The first-order valence-electron chi connectivity index (χ1n) is 6.02. The van der Waals surface area contributed by atoms with Crippen molar-refractivity contribution in [2.75, 3.05) is 4.72 Å². The number of rotatable bonds is 4. The molecule has 0 atom stereocenters. The lowest BCUT2D eigenvalue weighted by atomic mass is 10.2. The largest absolute Gasteiger partial charge is 0.392 e. The number of aryl methyl sites for hydroxylation is 1. The molecule has 2 aromatic carbocycles. The summed E-state index contributed by atoms with van der Waals surface area (Å²) < 4.78 is 28.1. The number of halogens is 2. The topological polar surface area (TPSA) is 66.4 Å². The first-order valence-corrected chi connectivity index (χ1v) is 8.67. The highest BCUT2D eigenvalue weighted by Gasteiger charge is 2.18. The fourth-order valence-corrected chi connectivity index (χ4v) is 3.96. The molecule has 0 fully saturated rings. The van der Waals surface area contributed by atoms with Gasteiger partial charge in [0, 0.05) is 4.47 Å². The van der Waals surface area contributed by atoms with E-state index in [1.807, 2.05) is 0 Å². The Bertz CT molecular complexity index is 778. The van der Waals surface area contributed by atoms with E-state index in [2.05, 4.69) is 20.7 Å². The van der Waals surface area contributed by atoms with Crippen LogP contribution in [0.15, 0.2) is 45.8 Å². The van der Waals surface area contributed by atoms with Crippen molar-refractivity contribution < 1.29 is 13.5 Å². The molecule has 112 valence electrons. The lowest BCUT2D eigenvalue weighted by Crippen LogP contribution is -2.15. The average Bonchev–Trinajstić information content (AvgIpc) is 2.42. The first kappa shape index (κ1) is 16.3. The number of hydrogen-bond acceptors (Lipinski definition) is 3. The van der Waals surface area contributed by atoms with Gasteiger partial charge in [-0.2, -0.15) is 0 Å². The number of aliphatic hydroxyl groups is 1. The molecule has 0 bridgehead atoms. The summed E-state index contributed by atoms with van der Waals surface area (Å²) in [5.74, 6) is 0. The van der Waals surface area contributed by atoms with Crippen LogP contribution in [0.4, 0.5) is 5.69 Å². The molecule has 0 amide bonds. The Morgan fingerprint density at radius 2 is 1.95 bits per heavy atom. The highest BCUT2D eigenvalue weighted by Crippen LogP contribution is 2.28. The predicted molar refractivity (Wildman–Crippen MR) is 87.1 cm³/mol. The Kier molecular flexibility index (Phi) is 4.93. The highest BCUT2D eigenvalue weighted by molar-refractivity contribution is 9.10. The summed E-state index contributed by atoms with van der Waals surface area (Å²) in [7, 11) is -3.77. The standard InChI is InChI=1S/C14H13BrClNO3S/c1-9-2-3-10(8-18)6-14(9)21(19,20)17-13-5-4-11(15)7-12(13)16/h2-7,17-18H,8H2,1H3. The van der Waals surface area contributed by atoms with Crippen molar-refractivity contribution in [3.8, 4) is 0 Å². The zero-order chi connectivity index (χ0) is 15.6. The van der Waals surface area contributed by atoms with Crippen molar-refractivity contribution >= 4 is 43.2 Å². The van der Waals surface area contributed by atoms with Gasteiger partial charge in [-0.05, 0) is 42.3 Å². The number of sulfonamides is 1. The van der Waals surface area contributed by atoms with E-state index in [0.29, 0.717) is 21.8 Å². The summed E-state index contributed by atoms with van der Waals surface area (Å²) in [5, 5.41) is 9.44. The van der Waals surface area contributed by atoms with E-state index in [-0.39, 0.29) is 11.5 Å². The molecule has 0 aliphatic heterocycles. The van der Waals surface area contributed by atoms with Crippen LogP contribution in [0, 0.1) is 6.92 Å². The Hall–Kier alpha value is -1.08. The molecule has 0 saturated carbocycles. The Balaban J connectivity index is 2.43. The predicted octanol–water partition coefficient (Wildman–Crippen LogP) is 3.70. The third kappa shape index (κ3) is 3.77. The Labute approximate surface area is 136 Å². The van der Waals surface area contributed by atoms with Crippen LogP contribution in [0.3, 0.4) is 0 Å². The quantitative estimate of drug-likeness (QED) is 0.836. The van der Waals surface area contributed by atoms with E-state index < -0.39 is 10.0 Å². The zero-order valence-corrected chi connectivity index (χ0v) is 14.3. The molecule has 4 nitrogen and oxygen atoms in total. The van der Waals surface area contributed by atoms with Crippen molar-refractivity contribution in [2.24, 2.45) is 0 Å². The molecule has 0 aliphatic rings. The molecule has 0 unspecified atom stereocenters. The second kappa shape index (κ2) is 6.36. The van der Waals surface area contributed by atoms with E-state index in [4.69, 9.17) is 16.7 Å². The van der Waals surface area contributed by atoms with Gasteiger partial charge in [-0.15, -0.1) is 0 Å². The minimum Gasteiger partial charge on any atom is -0.392 e. The number of benzene rings is 2. The normalized spacial score (nSPS) is 11.4. The van der Waals surface area contributed by atoms with Gasteiger partial charge in [-0.25, -0.2) is 8.42 Å². The monoisotopic (exact) mass is 389 g/mol. The van der Waals surface area contributed by atoms with Crippen LogP contribution in [0.2, 0.25) is 5.02 Å². The SMILES string of the molecule is Cc1ccc(CO)cc1S(=O)(=O)Nc1ccc(Br)cc1Cl. The summed E-state index contributed by atoms with van der Waals surface area (Å²) in [6.07, 6.45) is 0. The Morgan fingerprint density at radius 3 is 2.57 bits per heavy atom. The summed E-state index contributed by atoms with van der Waals surface area (Å²) >= 11 is 9.29. The van der Waals surface area contributed by atoms with E-state index in [1.54, 1.807) is 37.3 Å². The van der Waals surface area contributed by atoms with Crippen molar-refractivity contribution in [3.63, 3.8) is 0 Å². The minimum atomic E-state index is -3.77. The summed E-state index contributed by atoms with van der Waals surface area (Å²) in [6, 6.07) is 9.67. The second-order valence-corrected chi connectivity index (χ2v) is 7.46. The van der Waals surface area contributed by atoms with Gasteiger partial charge in [0.15, 0.2) is 0 Å². The van der Waals surface area contributed by atoms with Crippen molar-refractivity contribution in [3.05, 3.63) is 57.0 Å². The highest BCUT2D eigenvalue weighted by atomic mass is 79.9. The molecule has 2 N–H and O–H groups in total. The number of hydrogen-bond donors (Lipinski definition) is 2. The van der Waals surface area contributed by atoms with Gasteiger partial charge in [0.25, 0.3) is 10.0 Å². The van der Waals surface area contributed by atoms with Crippen LogP contribution in [0.5, 0.6) is 0 Å². The molecule has 21 heavy (non-hydrogen) atoms. The molecule has 0 aliphatic carbocycles. The third-order valence-electron chi connectivity index (χ3n) is 2.90. The molecule has 2 aromatic rings. The molecule has 0 heterocycles. The molecule has 0 spiro atoms. The molecule has 0 radical (unpaired) electrons. The lowest BCUT2D eigenvalue weighted by Gasteiger charge is -2.12. The summed E-state index contributed by atoms with van der Waals surface area (Å²) in [4.78, 5) is 0.119. The van der Waals surface area contributed by atoms with Gasteiger partial charge in [-0.3, -0.25) is 4.72 Å². The van der Waals surface area contributed by atoms with Crippen molar-refractivity contribution in [2.45, 2.75) is 18.4 Å². The van der Waals surface area contributed by atoms with Gasteiger partial charge in [-0.1, -0.05) is 39.7 Å². The van der Waals surface area contributed by atoms with Crippen molar-refractivity contribution in [1.82, 2.24) is 0 Å². The zero-order valence-electron chi connectivity index (χ0n) is 11.1. The van der Waals surface area contributed by atoms with Gasteiger partial charge in [0.1, 0.15) is 0 Å². The van der Waals surface area contributed by atoms with E-state index in [1.165, 1.54) is 6.07 Å². The maximum atomic E-state index is 12.5. The summed E-state index contributed by atoms with van der Waals surface area (Å²) in [6.45, 7) is 1.47. The Morgan fingerprint density at radius 1 is 1.24 bits per heavy atom. The minimum absolute atomic E-state index is 0.119. The smallest absolute Gasteiger partial charge is 0.262 e. The fraction of sp³-hybridized carbons (Fsp3) is 0.143. The molecule has 7 heteroatoms. The fourth-order valence-electron chi connectivity index (χ4n) is 1.80. The number of nitrogens with one attached hydrogen (secondary N) is 1. The maximum absolute atomic E-state index is 12.5. The van der Waals surface area contributed by atoms with Gasteiger partial charge in [0.05, 0.1) is 22.2 Å². The average molecular weight is 391 g/mol. The van der Waals surface area contributed by atoms with Crippen LogP contribution in [-0.2, 0) is 16.6 Å². The third-order valence-corrected chi connectivity index (χ3v) is 5.21. The van der Waals surface area contributed by atoms with Crippen LogP contribution >= 0.6 is 27.5 Å². The molecule has 2 rings (SSSR count). The molecular weight excluding hydrogens is 378 g/mol. The maximum Gasteiger partial charge on any atom is 0.262 e. The van der Waals surface area contributed by atoms with Crippen LogP contribution in [0.1, 0.15) is 11.1 Å².